The summed E-state index contributed by atoms with van der Waals surface area (Å²) < 4.78 is 38.1. The summed E-state index contributed by atoms with van der Waals surface area (Å²) in [6.07, 6.45) is 0. The Morgan fingerprint density at radius 1 is 0.962 bits per heavy atom. The molecule has 0 aliphatic rings. The van der Waals surface area contributed by atoms with E-state index in [1.54, 1.807) is 13.1 Å². The molecule has 0 aromatic heterocycles. The number of benzene rings is 2. The van der Waals surface area contributed by atoms with Crippen molar-refractivity contribution < 1.29 is 17.9 Å². The number of hydrogen-bond acceptors (Lipinski definition) is 5. The van der Waals surface area contributed by atoms with E-state index in [9.17, 15) is 8.42 Å². The zero-order valence-electron chi connectivity index (χ0n) is 15.5. The summed E-state index contributed by atoms with van der Waals surface area (Å²) in [4.78, 5) is 2.12. The van der Waals surface area contributed by atoms with Gasteiger partial charge in [-0.05, 0) is 39.7 Å². The Balaban J connectivity index is 2.31. The second-order valence-electron chi connectivity index (χ2n) is 5.96. The first-order chi connectivity index (χ1) is 12.2. The number of hydrogen-bond donors (Lipinski definition) is 0. The minimum atomic E-state index is -3.71. The molecule has 2 rings (SSSR count). The molecule has 0 unspecified atom stereocenters. The van der Waals surface area contributed by atoms with Crippen molar-refractivity contribution in [2.45, 2.75) is 11.4 Å². The second kappa shape index (κ2) is 8.28. The Morgan fingerprint density at radius 3 is 2.00 bits per heavy atom. The number of methoxy groups -OCH3 is 2. The fourth-order valence-corrected chi connectivity index (χ4v) is 4.59. The SMILES string of the molecule is COc1cc(Br)c(S(=O)(=O)N(C)Cc2ccc(N(C)C)cc2)cc1OC. The summed E-state index contributed by atoms with van der Waals surface area (Å²) in [5.74, 6) is 0.818. The first kappa shape index (κ1) is 20.5. The monoisotopic (exact) mass is 442 g/mol. The smallest absolute Gasteiger partial charge is 0.244 e. The van der Waals surface area contributed by atoms with Crippen molar-refractivity contribution in [2.24, 2.45) is 0 Å². The Kier molecular flexibility index (Phi) is 6.54. The van der Waals surface area contributed by atoms with Gasteiger partial charge in [0, 0.05) is 43.9 Å². The molecule has 0 aliphatic carbocycles. The van der Waals surface area contributed by atoms with E-state index in [1.165, 1.54) is 24.6 Å². The van der Waals surface area contributed by atoms with Gasteiger partial charge in [0.1, 0.15) is 4.90 Å². The van der Waals surface area contributed by atoms with Crippen molar-refractivity contribution in [2.75, 3.05) is 40.3 Å². The van der Waals surface area contributed by atoms with Crippen LogP contribution in [0.4, 0.5) is 5.69 Å². The molecule has 2 aromatic carbocycles. The summed E-state index contributed by atoms with van der Waals surface area (Å²) in [7, 11) is 4.73. The van der Waals surface area contributed by atoms with Crippen molar-refractivity contribution in [1.82, 2.24) is 4.31 Å². The van der Waals surface area contributed by atoms with Gasteiger partial charge in [-0.15, -0.1) is 0 Å². The third-order valence-corrected chi connectivity index (χ3v) is 6.75. The minimum absolute atomic E-state index is 0.127. The van der Waals surface area contributed by atoms with Gasteiger partial charge < -0.3 is 14.4 Å². The molecule has 0 radical (unpaired) electrons. The van der Waals surface area contributed by atoms with Crippen molar-refractivity contribution in [1.29, 1.82) is 0 Å². The van der Waals surface area contributed by atoms with Crippen LogP contribution in [-0.2, 0) is 16.6 Å². The van der Waals surface area contributed by atoms with E-state index < -0.39 is 10.0 Å². The van der Waals surface area contributed by atoms with Crippen molar-refractivity contribution in [3.05, 3.63) is 46.4 Å². The summed E-state index contributed by atoms with van der Waals surface area (Å²) >= 11 is 3.32. The molecule has 0 fully saturated rings. The number of sulfonamides is 1. The van der Waals surface area contributed by atoms with Crippen LogP contribution < -0.4 is 14.4 Å². The first-order valence-corrected chi connectivity index (χ1v) is 10.1. The normalized spacial score (nSPS) is 11.5. The van der Waals surface area contributed by atoms with Crippen LogP contribution in [-0.4, -0.2) is 48.1 Å². The van der Waals surface area contributed by atoms with E-state index in [-0.39, 0.29) is 11.4 Å². The molecule has 0 saturated heterocycles. The number of rotatable bonds is 7. The quantitative estimate of drug-likeness (QED) is 0.657. The molecular weight excluding hydrogens is 420 g/mol. The van der Waals surface area contributed by atoms with Gasteiger partial charge in [-0.1, -0.05) is 12.1 Å². The van der Waals surface area contributed by atoms with E-state index in [2.05, 4.69) is 15.9 Å². The van der Waals surface area contributed by atoms with Crippen LogP contribution in [0.2, 0.25) is 0 Å². The lowest BCUT2D eigenvalue weighted by atomic mass is 10.2. The van der Waals surface area contributed by atoms with Crippen LogP contribution in [0, 0.1) is 0 Å². The summed E-state index contributed by atoms with van der Waals surface area (Å²) in [6.45, 7) is 0.261. The lowest BCUT2D eigenvalue weighted by Gasteiger charge is -2.20. The molecule has 0 spiro atoms. The highest BCUT2D eigenvalue weighted by atomic mass is 79.9. The van der Waals surface area contributed by atoms with E-state index in [4.69, 9.17) is 9.47 Å². The Hall–Kier alpha value is -1.77. The average Bonchev–Trinajstić information content (AvgIpc) is 2.61. The fraction of sp³-hybridized carbons (Fsp3) is 0.333. The lowest BCUT2D eigenvalue weighted by Crippen LogP contribution is -2.27. The molecule has 0 amide bonds. The molecule has 2 aromatic rings. The molecular formula is C18H23BrN2O4S. The van der Waals surface area contributed by atoms with Gasteiger partial charge in [-0.2, -0.15) is 4.31 Å². The van der Waals surface area contributed by atoms with Gasteiger partial charge in [-0.3, -0.25) is 0 Å². The first-order valence-electron chi connectivity index (χ1n) is 7.84. The average molecular weight is 443 g/mol. The van der Waals surface area contributed by atoms with E-state index in [1.807, 2.05) is 43.3 Å². The Morgan fingerprint density at radius 2 is 1.50 bits per heavy atom. The van der Waals surface area contributed by atoms with E-state index in [0.717, 1.165) is 11.3 Å². The Labute approximate surface area is 163 Å². The molecule has 0 bridgehead atoms. The van der Waals surface area contributed by atoms with Gasteiger partial charge in [-0.25, -0.2) is 8.42 Å². The predicted octanol–water partition coefficient (Wildman–Crippen LogP) is 3.35. The standard InChI is InChI=1S/C18H23BrN2O4S/c1-20(2)14-8-6-13(7-9-14)12-21(3)26(22,23)18-11-17(25-5)16(24-4)10-15(18)19/h6-11H,12H2,1-5H3. The molecule has 26 heavy (non-hydrogen) atoms. The van der Waals surface area contributed by atoms with Gasteiger partial charge in [0.25, 0.3) is 0 Å². The molecule has 0 saturated carbocycles. The maximum atomic E-state index is 13.0. The molecule has 8 heteroatoms. The second-order valence-corrected chi connectivity index (χ2v) is 8.83. The third kappa shape index (κ3) is 4.31. The van der Waals surface area contributed by atoms with Crippen molar-refractivity contribution in [3.63, 3.8) is 0 Å². The fourth-order valence-electron chi connectivity index (χ4n) is 2.44. The largest absolute Gasteiger partial charge is 0.493 e. The van der Waals surface area contributed by atoms with Crippen LogP contribution in [0.5, 0.6) is 11.5 Å². The van der Waals surface area contributed by atoms with Crippen molar-refractivity contribution >= 4 is 31.6 Å². The third-order valence-electron chi connectivity index (χ3n) is 3.98. The maximum absolute atomic E-state index is 13.0. The molecule has 0 atom stereocenters. The summed E-state index contributed by atoms with van der Waals surface area (Å²) in [5.41, 5.74) is 1.96. The molecule has 6 nitrogen and oxygen atoms in total. The maximum Gasteiger partial charge on any atom is 0.244 e. The molecule has 0 aliphatic heterocycles. The van der Waals surface area contributed by atoms with Crippen LogP contribution in [0.1, 0.15) is 5.56 Å². The zero-order valence-corrected chi connectivity index (χ0v) is 17.9. The topological polar surface area (TPSA) is 59.1 Å². The highest BCUT2D eigenvalue weighted by molar-refractivity contribution is 9.10. The van der Waals surface area contributed by atoms with Gasteiger partial charge >= 0.3 is 0 Å². The Bertz CT molecular complexity index is 868. The van der Waals surface area contributed by atoms with E-state index >= 15 is 0 Å². The van der Waals surface area contributed by atoms with Gasteiger partial charge in [0.05, 0.1) is 14.2 Å². The predicted molar refractivity (Wildman–Crippen MR) is 107 cm³/mol. The highest BCUT2D eigenvalue weighted by Gasteiger charge is 2.26. The minimum Gasteiger partial charge on any atom is -0.493 e. The molecule has 0 N–H and O–H groups in total. The number of ether oxygens (including phenoxy) is 2. The lowest BCUT2D eigenvalue weighted by molar-refractivity contribution is 0.353. The number of halogens is 1. The van der Waals surface area contributed by atoms with Crippen molar-refractivity contribution in [3.8, 4) is 11.5 Å². The molecule has 142 valence electrons. The summed E-state index contributed by atoms with van der Waals surface area (Å²) in [6, 6.07) is 10.8. The van der Waals surface area contributed by atoms with Crippen LogP contribution in [0.3, 0.4) is 0 Å². The summed E-state index contributed by atoms with van der Waals surface area (Å²) in [5, 5.41) is 0. The van der Waals surface area contributed by atoms with Crippen LogP contribution in [0.25, 0.3) is 0 Å². The van der Waals surface area contributed by atoms with E-state index in [0.29, 0.717) is 16.0 Å². The zero-order chi connectivity index (χ0) is 19.5. The van der Waals surface area contributed by atoms with Gasteiger partial charge in [0.15, 0.2) is 11.5 Å². The number of anilines is 1. The molecule has 0 heterocycles. The van der Waals surface area contributed by atoms with Crippen LogP contribution in [0.15, 0.2) is 45.8 Å². The van der Waals surface area contributed by atoms with Gasteiger partial charge in [0.2, 0.25) is 10.0 Å². The van der Waals surface area contributed by atoms with Crippen LogP contribution >= 0.6 is 15.9 Å². The highest BCUT2D eigenvalue weighted by Crippen LogP contribution is 2.36. The number of nitrogens with zero attached hydrogens (tertiary/aromatic N) is 2.